The van der Waals surface area contributed by atoms with Gasteiger partial charge < -0.3 is 4.74 Å². The van der Waals surface area contributed by atoms with Gasteiger partial charge in [-0.05, 0) is 30.1 Å². The second-order valence-electron chi connectivity index (χ2n) is 4.93. The Morgan fingerprint density at radius 3 is 2.67 bits per heavy atom. The molecule has 0 unspecified atom stereocenters. The molecule has 0 spiro atoms. The fourth-order valence-corrected chi connectivity index (χ4v) is 2.77. The zero-order valence-electron chi connectivity index (χ0n) is 11.1. The second-order valence-corrected chi connectivity index (χ2v) is 4.93. The standard InChI is InChI=1S/C16H20O2/c1-3-14-11-15(17)9-10-16(14,18-2)12-13-7-5-4-6-8-13/h4-10,14H,3,11-12H2,1-2H3/t14-,16-/m1/s1. The van der Waals surface area contributed by atoms with E-state index < -0.39 is 0 Å². The van der Waals surface area contributed by atoms with Crippen molar-refractivity contribution in [1.29, 1.82) is 0 Å². The van der Waals surface area contributed by atoms with Crippen LogP contribution in [0.1, 0.15) is 25.3 Å². The minimum atomic E-state index is -0.329. The first-order valence-corrected chi connectivity index (χ1v) is 6.51. The van der Waals surface area contributed by atoms with Crippen LogP contribution in [0.3, 0.4) is 0 Å². The van der Waals surface area contributed by atoms with Gasteiger partial charge in [0.05, 0.1) is 5.60 Å². The van der Waals surface area contributed by atoms with Gasteiger partial charge in [-0.15, -0.1) is 0 Å². The third-order valence-corrected chi connectivity index (χ3v) is 3.89. The van der Waals surface area contributed by atoms with E-state index in [0.29, 0.717) is 6.42 Å². The summed E-state index contributed by atoms with van der Waals surface area (Å²) in [4.78, 5) is 11.5. The van der Waals surface area contributed by atoms with Gasteiger partial charge >= 0.3 is 0 Å². The average Bonchev–Trinajstić information content (AvgIpc) is 2.42. The van der Waals surface area contributed by atoms with Gasteiger partial charge in [0, 0.05) is 20.0 Å². The number of benzene rings is 1. The summed E-state index contributed by atoms with van der Waals surface area (Å²) in [5, 5.41) is 0. The highest BCUT2D eigenvalue weighted by Gasteiger charge is 2.39. The number of ether oxygens (including phenoxy) is 1. The van der Waals surface area contributed by atoms with Crippen LogP contribution >= 0.6 is 0 Å². The van der Waals surface area contributed by atoms with Gasteiger partial charge in [0.15, 0.2) is 5.78 Å². The van der Waals surface area contributed by atoms with Crippen molar-refractivity contribution >= 4 is 5.78 Å². The third kappa shape index (κ3) is 2.54. The molecule has 0 saturated carbocycles. The fourth-order valence-electron chi connectivity index (χ4n) is 2.77. The molecular weight excluding hydrogens is 224 g/mol. The number of hydrogen-bond acceptors (Lipinski definition) is 2. The largest absolute Gasteiger partial charge is 0.373 e. The number of hydrogen-bond donors (Lipinski definition) is 0. The maximum atomic E-state index is 11.5. The van der Waals surface area contributed by atoms with Crippen LogP contribution in [0, 0.1) is 5.92 Å². The van der Waals surface area contributed by atoms with E-state index >= 15 is 0 Å². The molecule has 0 heterocycles. The second kappa shape index (κ2) is 5.49. The highest BCUT2D eigenvalue weighted by Crippen LogP contribution is 2.35. The van der Waals surface area contributed by atoms with Crippen molar-refractivity contribution in [3.05, 3.63) is 48.0 Å². The van der Waals surface area contributed by atoms with Gasteiger partial charge in [-0.3, -0.25) is 4.79 Å². The molecule has 0 aliphatic heterocycles. The topological polar surface area (TPSA) is 26.3 Å². The maximum Gasteiger partial charge on any atom is 0.155 e. The Hall–Kier alpha value is -1.41. The molecule has 0 N–H and O–H groups in total. The van der Waals surface area contributed by atoms with Crippen LogP contribution < -0.4 is 0 Å². The number of carbonyl (C=O) groups is 1. The van der Waals surface area contributed by atoms with Crippen LogP contribution in [0.2, 0.25) is 0 Å². The molecule has 0 amide bonds. The van der Waals surface area contributed by atoms with E-state index in [4.69, 9.17) is 4.74 Å². The van der Waals surface area contributed by atoms with Gasteiger partial charge in [-0.1, -0.05) is 37.3 Å². The molecule has 96 valence electrons. The fraction of sp³-hybridized carbons (Fsp3) is 0.438. The predicted molar refractivity (Wildman–Crippen MR) is 72.4 cm³/mol. The molecule has 18 heavy (non-hydrogen) atoms. The van der Waals surface area contributed by atoms with Crippen LogP contribution in [0.4, 0.5) is 0 Å². The molecule has 1 aliphatic carbocycles. The minimum absolute atomic E-state index is 0.211. The van der Waals surface area contributed by atoms with Crippen LogP contribution in [-0.4, -0.2) is 18.5 Å². The van der Waals surface area contributed by atoms with Gasteiger partial charge in [-0.2, -0.15) is 0 Å². The SMILES string of the molecule is CC[C@@H]1CC(=O)C=C[C@]1(Cc1ccccc1)OC. The van der Waals surface area contributed by atoms with E-state index in [-0.39, 0.29) is 17.3 Å². The highest BCUT2D eigenvalue weighted by atomic mass is 16.5. The molecule has 0 bridgehead atoms. The van der Waals surface area contributed by atoms with Gasteiger partial charge in [-0.25, -0.2) is 0 Å². The van der Waals surface area contributed by atoms with Crippen LogP contribution in [0.15, 0.2) is 42.5 Å². The van der Waals surface area contributed by atoms with Crippen molar-refractivity contribution in [3.8, 4) is 0 Å². The lowest BCUT2D eigenvalue weighted by atomic mass is 9.74. The molecule has 2 nitrogen and oxygen atoms in total. The Bertz CT molecular complexity index is 436. The summed E-state index contributed by atoms with van der Waals surface area (Å²) in [5.74, 6) is 0.475. The van der Waals surface area contributed by atoms with Crippen molar-refractivity contribution < 1.29 is 9.53 Å². The zero-order valence-corrected chi connectivity index (χ0v) is 11.1. The first-order valence-electron chi connectivity index (χ1n) is 6.51. The normalized spacial score (nSPS) is 27.4. The molecule has 2 heteroatoms. The monoisotopic (exact) mass is 244 g/mol. The molecule has 1 aromatic carbocycles. The number of rotatable bonds is 4. The summed E-state index contributed by atoms with van der Waals surface area (Å²) in [7, 11) is 1.74. The first kappa shape index (κ1) is 13.0. The van der Waals surface area contributed by atoms with Crippen molar-refractivity contribution in [2.45, 2.75) is 31.8 Å². The highest BCUT2D eigenvalue weighted by molar-refractivity contribution is 5.91. The summed E-state index contributed by atoms with van der Waals surface area (Å²) >= 11 is 0. The lowest BCUT2D eigenvalue weighted by Crippen LogP contribution is -2.43. The van der Waals surface area contributed by atoms with Crippen molar-refractivity contribution in [2.24, 2.45) is 5.92 Å². The molecular formula is C16H20O2. The molecule has 0 aromatic heterocycles. The first-order chi connectivity index (χ1) is 8.70. The summed E-state index contributed by atoms with van der Waals surface area (Å²) in [6.45, 7) is 2.12. The molecule has 2 atom stereocenters. The van der Waals surface area contributed by atoms with Gasteiger partial charge in [0.2, 0.25) is 0 Å². The minimum Gasteiger partial charge on any atom is -0.373 e. The molecule has 1 aliphatic rings. The number of methoxy groups -OCH3 is 1. The third-order valence-electron chi connectivity index (χ3n) is 3.89. The zero-order chi connectivity index (χ0) is 13.0. The molecule has 0 radical (unpaired) electrons. The molecule has 0 fully saturated rings. The Kier molecular flexibility index (Phi) is 3.97. The van der Waals surface area contributed by atoms with E-state index in [2.05, 4.69) is 19.1 Å². The predicted octanol–water partition coefficient (Wildman–Crippen LogP) is 3.17. The smallest absolute Gasteiger partial charge is 0.155 e. The lowest BCUT2D eigenvalue weighted by Gasteiger charge is -2.39. The quantitative estimate of drug-likeness (QED) is 0.813. The Balaban J connectivity index is 2.29. The summed E-state index contributed by atoms with van der Waals surface area (Å²) < 4.78 is 5.80. The van der Waals surface area contributed by atoms with Crippen molar-refractivity contribution in [3.63, 3.8) is 0 Å². The van der Waals surface area contributed by atoms with Crippen LogP contribution in [-0.2, 0) is 16.0 Å². The number of carbonyl (C=O) groups excluding carboxylic acids is 1. The Labute approximate surface area is 109 Å². The molecule has 0 saturated heterocycles. The lowest BCUT2D eigenvalue weighted by molar-refractivity contribution is -0.120. The van der Waals surface area contributed by atoms with Crippen molar-refractivity contribution in [2.75, 3.05) is 7.11 Å². The summed E-state index contributed by atoms with van der Waals surface area (Å²) in [6.07, 6.45) is 6.01. The molecule has 2 rings (SSSR count). The van der Waals surface area contributed by atoms with Gasteiger partial charge in [0.25, 0.3) is 0 Å². The Morgan fingerprint density at radius 2 is 2.06 bits per heavy atom. The maximum absolute atomic E-state index is 11.5. The summed E-state index contributed by atoms with van der Waals surface area (Å²) in [5.41, 5.74) is 0.918. The van der Waals surface area contributed by atoms with Crippen LogP contribution in [0.25, 0.3) is 0 Å². The Morgan fingerprint density at radius 1 is 1.33 bits per heavy atom. The van der Waals surface area contributed by atoms with E-state index in [1.165, 1.54) is 5.56 Å². The van der Waals surface area contributed by atoms with E-state index in [1.807, 2.05) is 24.3 Å². The van der Waals surface area contributed by atoms with Crippen LogP contribution in [0.5, 0.6) is 0 Å². The summed E-state index contributed by atoms with van der Waals surface area (Å²) in [6, 6.07) is 10.3. The number of ketones is 1. The molecule has 1 aromatic rings. The van der Waals surface area contributed by atoms with Gasteiger partial charge in [0.1, 0.15) is 0 Å². The number of allylic oxidation sites excluding steroid dienone is 1. The van der Waals surface area contributed by atoms with E-state index in [0.717, 1.165) is 12.8 Å². The van der Waals surface area contributed by atoms with E-state index in [1.54, 1.807) is 13.2 Å². The average molecular weight is 244 g/mol. The van der Waals surface area contributed by atoms with Crippen molar-refractivity contribution in [1.82, 2.24) is 0 Å². The van der Waals surface area contributed by atoms with E-state index in [9.17, 15) is 4.79 Å².